The van der Waals surface area contributed by atoms with E-state index in [2.05, 4.69) is 10.3 Å². The van der Waals surface area contributed by atoms with Crippen LogP contribution < -0.4 is 11.1 Å². The molecule has 0 aliphatic rings. The second-order valence-corrected chi connectivity index (χ2v) is 4.47. The van der Waals surface area contributed by atoms with Crippen LogP contribution in [0.3, 0.4) is 0 Å². The maximum atomic E-state index is 13.7. The quantitative estimate of drug-likeness (QED) is 0.554. The smallest absolute Gasteiger partial charge is 0.161 e. The van der Waals surface area contributed by atoms with E-state index in [1.165, 1.54) is 0 Å². The van der Waals surface area contributed by atoms with Gasteiger partial charge >= 0.3 is 0 Å². The minimum Gasteiger partial charge on any atom is -0.397 e. The van der Waals surface area contributed by atoms with Crippen molar-refractivity contribution < 1.29 is 13.2 Å². The van der Waals surface area contributed by atoms with Crippen molar-refractivity contribution in [2.24, 2.45) is 0 Å². The fourth-order valence-electron chi connectivity index (χ4n) is 2.07. The Morgan fingerprint density at radius 3 is 2.48 bits per heavy atom. The molecular weight excluding hydrogens is 279 g/mol. The average Bonchev–Trinajstić information content (AvgIpc) is 2.48. The molecule has 106 valence electrons. The highest BCUT2D eigenvalue weighted by molar-refractivity contribution is 5.99. The van der Waals surface area contributed by atoms with Crippen molar-refractivity contribution in [1.82, 2.24) is 4.98 Å². The number of nitrogens with one attached hydrogen (secondary N) is 1. The van der Waals surface area contributed by atoms with Gasteiger partial charge < -0.3 is 11.1 Å². The molecule has 0 unspecified atom stereocenters. The van der Waals surface area contributed by atoms with Gasteiger partial charge in [0.2, 0.25) is 0 Å². The predicted octanol–water partition coefficient (Wildman–Crippen LogP) is 3.98. The van der Waals surface area contributed by atoms with Crippen LogP contribution in [0.5, 0.6) is 0 Å². The zero-order chi connectivity index (χ0) is 15.0. The molecular formula is C15H10F3N3. The molecule has 0 saturated heterocycles. The first kappa shape index (κ1) is 13.2. The molecule has 3 rings (SSSR count). The summed E-state index contributed by atoms with van der Waals surface area (Å²) in [5, 5.41) is 3.39. The summed E-state index contributed by atoms with van der Waals surface area (Å²) in [4.78, 5) is 4.14. The van der Waals surface area contributed by atoms with Gasteiger partial charge in [0, 0.05) is 29.4 Å². The average molecular weight is 289 g/mol. The topological polar surface area (TPSA) is 50.9 Å². The van der Waals surface area contributed by atoms with Crippen molar-refractivity contribution in [3.05, 3.63) is 60.0 Å². The van der Waals surface area contributed by atoms with Crippen LogP contribution in [0.1, 0.15) is 0 Å². The number of halogens is 3. The van der Waals surface area contributed by atoms with E-state index in [1.54, 1.807) is 30.5 Å². The Morgan fingerprint density at radius 2 is 1.67 bits per heavy atom. The third-order valence-electron chi connectivity index (χ3n) is 3.08. The summed E-state index contributed by atoms with van der Waals surface area (Å²) >= 11 is 0. The molecule has 0 atom stereocenters. The zero-order valence-corrected chi connectivity index (χ0v) is 10.7. The second-order valence-electron chi connectivity index (χ2n) is 4.47. The number of hydrogen-bond acceptors (Lipinski definition) is 3. The molecule has 1 heterocycles. The summed E-state index contributed by atoms with van der Waals surface area (Å²) in [7, 11) is 0. The summed E-state index contributed by atoms with van der Waals surface area (Å²) in [5.41, 5.74) is 7.17. The molecule has 0 amide bonds. The van der Waals surface area contributed by atoms with E-state index in [0.717, 1.165) is 6.07 Å². The van der Waals surface area contributed by atoms with Crippen LogP contribution in [0.15, 0.2) is 42.6 Å². The molecule has 3 N–H and O–H groups in total. The summed E-state index contributed by atoms with van der Waals surface area (Å²) in [6, 6.07) is 7.95. The molecule has 0 fully saturated rings. The van der Waals surface area contributed by atoms with Crippen molar-refractivity contribution >= 4 is 28.0 Å². The third kappa shape index (κ3) is 2.35. The fourth-order valence-corrected chi connectivity index (χ4v) is 2.07. The van der Waals surface area contributed by atoms with Crippen LogP contribution in [0.2, 0.25) is 0 Å². The van der Waals surface area contributed by atoms with Crippen LogP contribution in [-0.4, -0.2) is 4.98 Å². The number of benzene rings is 2. The van der Waals surface area contributed by atoms with Gasteiger partial charge in [-0.3, -0.25) is 4.98 Å². The summed E-state index contributed by atoms with van der Waals surface area (Å²) < 4.78 is 39.8. The van der Waals surface area contributed by atoms with Crippen LogP contribution in [-0.2, 0) is 0 Å². The first-order valence-electron chi connectivity index (χ1n) is 6.11. The van der Waals surface area contributed by atoms with Crippen molar-refractivity contribution in [3.63, 3.8) is 0 Å². The van der Waals surface area contributed by atoms with Gasteiger partial charge in [-0.05, 0) is 24.3 Å². The summed E-state index contributed by atoms with van der Waals surface area (Å²) in [5.74, 6) is -3.25. The van der Waals surface area contributed by atoms with Crippen molar-refractivity contribution in [1.29, 1.82) is 0 Å². The van der Waals surface area contributed by atoms with E-state index < -0.39 is 17.5 Å². The predicted molar refractivity (Wildman–Crippen MR) is 75.8 cm³/mol. The molecule has 0 aliphatic heterocycles. The van der Waals surface area contributed by atoms with Crippen molar-refractivity contribution in [3.8, 4) is 0 Å². The maximum absolute atomic E-state index is 13.7. The Kier molecular flexibility index (Phi) is 3.13. The van der Waals surface area contributed by atoms with Crippen LogP contribution in [0.4, 0.5) is 30.2 Å². The lowest BCUT2D eigenvalue weighted by atomic mass is 10.1. The number of rotatable bonds is 2. The molecule has 3 nitrogen and oxygen atoms in total. The Labute approximate surface area is 118 Å². The molecule has 1 aromatic heterocycles. The number of nitrogens with zero attached hydrogens (tertiary/aromatic N) is 1. The van der Waals surface area contributed by atoms with E-state index in [1.807, 2.05) is 0 Å². The van der Waals surface area contributed by atoms with Crippen LogP contribution in [0.25, 0.3) is 10.9 Å². The van der Waals surface area contributed by atoms with E-state index >= 15 is 0 Å². The molecule has 0 bridgehead atoms. The van der Waals surface area contributed by atoms with Gasteiger partial charge in [0.1, 0.15) is 5.82 Å². The number of nitrogen functional groups attached to an aromatic ring is 1. The number of hydrogen-bond donors (Lipinski definition) is 2. The van der Waals surface area contributed by atoms with Gasteiger partial charge in [0.25, 0.3) is 0 Å². The Hall–Kier alpha value is -2.76. The standard InChI is InChI=1S/C15H10F3N3/c16-9-6-11(18)14(7-10(9)17)21-13-4-3-12(19)15-8(13)2-1-5-20-15/h1-7,21H,19H2. The lowest BCUT2D eigenvalue weighted by Gasteiger charge is -2.12. The number of pyridine rings is 1. The van der Waals surface area contributed by atoms with Gasteiger partial charge in [-0.15, -0.1) is 0 Å². The van der Waals surface area contributed by atoms with Crippen LogP contribution in [0, 0.1) is 17.5 Å². The van der Waals surface area contributed by atoms with Gasteiger partial charge in [0.05, 0.1) is 16.9 Å². The van der Waals surface area contributed by atoms with Crippen molar-refractivity contribution in [2.75, 3.05) is 11.1 Å². The molecule has 0 radical (unpaired) electrons. The lowest BCUT2D eigenvalue weighted by Crippen LogP contribution is -1.99. The highest BCUT2D eigenvalue weighted by atomic mass is 19.2. The SMILES string of the molecule is Nc1ccc(Nc2cc(F)c(F)cc2F)c2cccnc12. The third-order valence-corrected chi connectivity index (χ3v) is 3.08. The maximum Gasteiger partial charge on any atom is 0.161 e. The molecule has 0 aliphatic carbocycles. The van der Waals surface area contributed by atoms with Crippen molar-refractivity contribution in [2.45, 2.75) is 0 Å². The zero-order valence-electron chi connectivity index (χ0n) is 10.7. The molecule has 21 heavy (non-hydrogen) atoms. The highest BCUT2D eigenvalue weighted by Gasteiger charge is 2.12. The summed E-state index contributed by atoms with van der Waals surface area (Å²) in [6.07, 6.45) is 1.58. The monoisotopic (exact) mass is 289 g/mol. The minimum atomic E-state index is -1.23. The molecule has 2 aromatic carbocycles. The number of anilines is 3. The molecule has 0 saturated carbocycles. The molecule has 0 spiro atoms. The van der Waals surface area contributed by atoms with E-state index in [0.29, 0.717) is 28.3 Å². The molecule has 6 heteroatoms. The Bertz CT molecular complexity index is 834. The number of nitrogens with two attached hydrogens (primary N) is 1. The van der Waals surface area contributed by atoms with Crippen LogP contribution >= 0.6 is 0 Å². The largest absolute Gasteiger partial charge is 0.397 e. The first-order valence-corrected chi connectivity index (χ1v) is 6.11. The Morgan fingerprint density at radius 1 is 0.905 bits per heavy atom. The van der Waals surface area contributed by atoms with Gasteiger partial charge in [-0.2, -0.15) is 0 Å². The second kappa shape index (κ2) is 4.97. The van der Waals surface area contributed by atoms with E-state index in [4.69, 9.17) is 5.73 Å². The van der Waals surface area contributed by atoms with E-state index in [9.17, 15) is 13.2 Å². The fraction of sp³-hybridized carbons (Fsp3) is 0. The number of aromatic nitrogens is 1. The lowest BCUT2D eigenvalue weighted by molar-refractivity contribution is 0.496. The normalized spacial score (nSPS) is 10.8. The van der Waals surface area contributed by atoms with Gasteiger partial charge in [0.15, 0.2) is 11.6 Å². The number of fused-ring (bicyclic) bond motifs is 1. The van der Waals surface area contributed by atoms with Gasteiger partial charge in [-0.1, -0.05) is 0 Å². The summed E-state index contributed by atoms with van der Waals surface area (Å²) in [6.45, 7) is 0. The first-order chi connectivity index (χ1) is 10.1. The highest BCUT2D eigenvalue weighted by Crippen LogP contribution is 2.30. The van der Waals surface area contributed by atoms with E-state index in [-0.39, 0.29) is 5.69 Å². The minimum absolute atomic E-state index is 0.163. The molecule has 3 aromatic rings. The Balaban J connectivity index is 2.11. The van der Waals surface area contributed by atoms with Gasteiger partial charge in [-0.25, -0.2) is 13.2 Å².